The third kappa shape index (κ3) is 2.72. The highest BCUT2D eigenvalue weighted by Gasteiger charge is 2.08. The molecule has 1 aliphatic heterocycles. The molecular weight excluding hydrogens is 220 g/mol. The van der Waals surface area contributed by atoms with Crippen LogP contribution in [0.25, 0.3) is 0 Å². The number of aliphatic imine (C=N–C) groups is 1. The van der Waals surface area contributed by atoms with Gasteiger partial charge in [0.25, 0.3) is 0 Å². The Bertz CT molecular complexity index is 319. The highest BCUT2D eigenvalue weighted by molar-refractivity contribution is 8.38. The van der Waals surface area contributed by atoms with Crippen LogP contribution in [0.5, 0.6) is 0 Å². The van der Waals surface area contributed by atoms with Gasteiger partial charge in [-0.2, -0.15) is 0 Å². The zero-order valence-corrected chi connectivity index (χ0v) is 9.77. The van der Waals surface area contributed by atoms with Crippen molar-refractivity contribution in [2.75, 3.05) is 12.3 Å². The molecule has 0 unspecified atom stereocenters. The Morgan fingerprint density at radius 3 is 3.15 bits per heavy atom. The molecule has 0 radical (unpaired) electrons. The van der Waals surface area contributed by atoms with Gasteiger partial charge in [0.1, 0.15) is 9.38 Å². The number of rotatable bonds is 2. The van der Waals surface area contributed by atoms with E-state index in [1.54, 1.807) is 11.3 Å². The van der Waals surface area contributed by atoms with Gasteiger partial charge < -0.3 is 0 Å². The lowest BCUT2D eigenvalue weighted by Crippen LogP contribution is -1.82. The Hall–Kier alpha value is -0.0000000000000000833. The van der Waals surface area contributed by atoms with Crippen LogP contribution in [0.2, 0.25) is 0 Å². The van der Waals surface area contributed by atoms with Gasteiger partial charge >= 0.3 is 0 Å². The Morgan fingerprint density at radius 2 is 2.54 bits per heavy atom. The Kier molecular flexibility index (Phi) is 3.29. The summed E-state index contributed by atoms with van der Waals surface area (Å²) in [5.41, 5.74) is 0. The van der Waals surface area contributed by atoms with E-state index in [1.165, 1.54) is 14.3 Å². The van der Waals surface area contributed by atoms with Crippen LogP contribution in [0.15, 0.2) is 11.2 Å². The maximum atomic E-state index is 4.38. The van der Waals surface area contributed by atoms with E-state index in [0.29, 0.717) is 0 Å². The van der Waals surface area contributed by atoms with E-state index in [-0.39, 0.29) is 0 Å². The zero-order valence-electron chi connectivity index (χ0n) is 7.32. The molecule has 0 saturated heterocycles. The van der Waals surface area contributed by atoms with Crippen LogP contribution in [-0.4, -0.2) is 21.7 Å². The fraction of sp³-hybridized carbons (Fsp3) is 0.500. The van der Waals surface area contributed by atoms with Crippen molar-refractivity contribution in [3.8, 4) is 0 Å². The normalized spacial score (nSPS) is 16.2. The smallest absolute Gasteiger partial charge is 0.125 e. The molecule has 70 valence electrons. The number of hydrogen-bond acceptors (Lipinski definition) is 5. The molecule has 0 fully saturated rings. The number of aryl methyl sites for hydroxylation is 1. The predicted molar refractivity (Wildman–Crippen MR) is 62.9 cm³/mol. The summed E-state index contributed by atoms with van der Waals surface area (Å²) in [7, 11) is 0. The number of nitrogens with zero attached hydrogens (tertiary/aromatic N) is 2. The van der Waals surface area contributed by atoms with Gasteiger partial charge in [0, 0.05) is 16.8 Å². The van der Waals surface area contributed by atoms with Gasteiger partial charge in [0.05, 0.1) is 12.3 Å². The molecule has 0 atom stereocenters. The molecular formula is C8H10N2S3. The molecule has 2 heterocycles. The Labute approximate surface area is 90.3 Å². The molecule has 0 N–H and O–H groups in total. The van der Waals surface area contributed by atoms with Crippen molar-refractivity contribution in [2.24, 2.45) is 4.99 Å². The summed E-state index contributed by atoms with van der Waals surface area (Å²) in [6, 6.07) is 0. The summed E-state index contributed by atoms with van der Waals surface area (Å²) in [5.74, 6) is 2.13. The first-order valence-corrected chi connectivity index (χ1v) is 6.85. The highest BCUT2D eigenvalue weighted by atomic mass is 32.2. The molecule has 1 aromatic heterocycles. The zero-order chi connectivity index (χ0) is 9.10. The fourth-order valence-corrected chi connectivity index (χ4v) is 3.79. The molecule has 0 amide bonds. The average molecular weight is 230 g/mol. The van der Waals surface area contributed by atoms with Crippen LogP contribution < -0.4 is 0 Å². The second-order valence-electron chi connectivity index (χ2n) is 2.65. The van der Waals surface area contributed by atoms with Gasteiger partial charge in [-0.1, -0.05) is 23.5 Å². The molecule has 0 aromatic carbocycles. The summed E-state index contributed by atoms with van der Waals surface area (Å²) in [6.45, 7) is 3.08. The Balaban J connectivity index is 1.85. The monoisotopic (exact) mass is 230 g/mol. The second kappa shape index (κ2) is 4.48. The molecule has 0 spiro atoms. The van der Waals surface area contributed by atoms with Crippen LogP contribution in [0, 0.1) is 6.92 Å². The quantitative estimate of drug-likeness (QED) is 0.781. The first kappa shape index (κ1) is 9.55. The number of thioether (sulfide) groups is 2. The average Bonchev–Trinajstić information content (AvgIpc) is 2.71. The molecule has 0 bridgehead atoms. The summed E-state index contributed by atoms with van der Waals surface area (Å²) in [5, 5.41) is 1.21. The van der Waals surface area contributed by atoms with Crippen LogP contribution in [-0.2, 0) is 5.75 Å². The third-order valence-electron chi connectivity index (χ3n) is 1.55. The molecule has 13 heavy (non-hydrogen) atoms. The summed E-state index contributed by atoms with van der Waals surface area (Å²) >= 11 is 5.44. The fourth-order valence-electron chi connectivity index (χ4n) is 0.994. The largest absolute Gasteiger partial charge is 0.271 e. The van der Waals surface area contributed by atoms with E-state index in [9.17, 15) is 0 Å². The molecule has 0 saturated carbocycles. The van der Waals surface area contributed by atoms with Gasteiger partial charge in [-0.05, 0) is 6.92 Å². The third-order valence-corrected chi connectivity index (χ3v) is 4.91. The van der Waals surface area contributed by atoms with E-state index in [1.807, 2.05) is 29.7 Å². The summed E-state index contributed by atoms with van der Waals surface area (Å²) < 4.78 is 1.23. The van der Waals surface area contributed by atoms with Crippen molar-refractivity contribution in [3.63, 3.8) is 0 Å². The lowest BCUT2D eigenvalue weighted by Gasteiger charge is -1.95. The van der Waals surface area contributed by atoms with E-state index in [0.717, 1.165) is 18.1 Å². The summed E-state index contributed by atoms with van der Waals surface area (Å²) in [4.78, 5) is 9.98. The van der Waals surface area contributed by atoms with E-state index in [2.05, 4.69) is 16.9 Å². The van der Waals surface area contributed by atoms with Crippen molar-refractivity contribution in [3.05, 3.63) is 16.1 Å². The van der Waals surface area contributed by atoms with Crippen LogP contribution in [0.3, 0.4) is 0 Å². The van der Waals surface area contributed by atoms with Crippen LogP contribution in [0.4, 0.5) is 0 Å². The van der Waals surface area contributed by atoms with Gasteiger partial charge in [0.2, 0.25) is 0 Å². The number of thiazole rings is 1. The first-order valence-electron chi connectivity index (χ1n) is 4.06. The topological polar surface area (TPSA) is 25.2 Å². The van der Waals surface area contributed by atoms with Gasteiger partial charge in [-0.15, -0.1) is 11.3 Å². The van der Waals surface area contributed by atoms with Crippen molar-refractivity contribution in [1.82, 2.24) is 4.98 Å². The molecule has 2 nitrogen and oxygen atoms in total. The SMILES string of the molecule is Cc1cnc(CSC2=NCCS2)s1. The second-order valence-corrected chi connectivity index (χ2v) is 6.27. The van der Waals surface area contributed by atoms with E-state index in [4.69, 9.17) is 0 Å². The van der Waals surface area contributed by atoms with Crippen molar-refractivity contribution < 1.29 is 0 Å². The Morgan fingerprint density at radius 1 is 1.62 bits per heavy atom. The van der Waals surface area contributed by atoms with Gasteiger partial charge in [0.15, 0.2) is 0 Å². The number of hydrogen-bond donors (Lipinski definition) is 0. The predicted octanol–water partition coefficient (Wildman–Crippen LogP) is 2.79. The van der Waals surface area contributed by atoms with Crippen molar-refractivity contribution >= 4 is 39.2 Å². The van der Waals surface area contributed by atoms with E-state index >= 15 is 0 Å². The molecule has 0 aliphatic carbocycles. The minimum absolute atomic E-state index is 0.977. The lowest BCUT2D eigenvalue weighted by atomic mass is 10.6. The van der Waals surface area contributed by atoms with Crippen molar-refractivity contribution in [2.45, 2.75) is 12.7 Å². The minimum Gasteiger partial charge on any atom is -0.271 e. The minimum atomic E-state index is 0.977. The molecule has 2 rings (SSSR count). The molecule has 5 heteroatoms. The van der Waals surface area contributed by atoms with Crippen LogP contribution in [0.1, 0.15) is 9.88 Å². The van der Waals surface area contributed by atoms with Gasteiger partial charge in [-0.25, -0.2) is 4.98 Å². The standard InChI is InChI=1S/C8H10N2S3/c1-6-4-10-7(13-6)5-12-8-9-2-3-11-8/h4H,2-3,5H2,1H3. The number of aromatic nitrogens is 1. The van der Waals surface area contributed by atoms with Gasteiger partial charge in [-0.3, -0.25) is 4.99 Å². The maximum Gasteiger partial charge on any atom is 0.125 e. The lowest BCUT2D eigenvalue weighted by molar-refractivity contribution is 1.18. The van der Waals surface area contributed by atoms with Crippen LogP contribution >= 0.6 is 34.9 Å². The highest BCUT2D eigenvalue weighted by Crippen LogP contribution is 2.26. The van der Waals surface area contributed by atoms with Crippen molar-refractivity contribution in [1.29, 1.82) is 0 Å². The molecule has 1 aliphatic rings. The first-order chi connectivity index (χ1) is 6.34. The van der Waals surface area contributed by atoms with E-state index < -0.39 is 0 Å². The molecule has 1 aromatic rings. The summed E-state index contributed by atoms with van der Waals surface area (Å²) in [6.07, 6.45) is 1.93. The maximum absolute atomic E-state index is 4.38.